The molecule has 0 aromatic carbocycles. The van der Waals surface area contributed by atoms with Crippen molar-refractivity contribution in [2.24, 2.45) is 5.92 Å². The number of hydrogen-bond acceptors (Lipinski definition) is 4. The van der Waals surface area contributed by atoms with Crippen molar-refractivity contribution in [1.29, 1.82) is 0 Å². The van der Waals surface area contributed by atoms with Crippen LogP contribution in [-0.4, -0.2) is 31.0 Å². The molecule has 1 unspecified atom stereocenters. The molecule has 96 valence electrons. The maximum Gasteiger partial charge on any atom is 0.224 e. The van der Waals surface area contributed by atoms with E-state index in [9.17, 15) is 4.79 Å². The second kappa shape index (κ2) is 6.71. The fourth-order valence-corrected chi connectivity index (χ4v) is 2.61. The highest BCUT2D eigenvalue weighted by atomic mass is 32.1. The molecular formula is C12H21N3OS. The first-order valence-corrected chi connectivity index (χ1v) is 6.71. The lowest BCUT2D eigenvalue weighted by Gasteiger charge is -2.11. The lowest BCUT2D eigenvalue weighted by molar-refractivity contribution is -0.124. The predicted octanol–water partition coefficient (Wildman–Crippen LogP) is 1.27. The summed E-state index contributed by atoms with van der Waals surface area (Å²) in [7, 11) is 1.85. The number of aryl methyl sites for hydroxylation is 2. The Kier molecular flexibility index (Phi) is 5.58. The first kappa shape index (κ1) is 14.1. The summed E-state index contributed by atoms with van der Waals surface area (Å²) < 4.78 is 0. The predicted molar refractivity (Wildman–Crippen MR) is 71.4 cm³/mol. The minimum Gasteiger partial charge on any atom is -0.355 e. The number of carbonyl (C=O) groups excluding carboxylic acids is 1. The van der Waals surface area contributed by atoms with E-state index in [1.54, 1.807) is 11.3 Å². The molecule has 1 rings (SSSR count). The molecule has 0 radical (unpaired) electrons. The van der Waals surface area contributed by atoms with E-state index >= 15 is 0 Å². The largest absolute Gasteiger partial charge is 0.355 e. The van der Waals surface area contributed by atoms with Crippen molar-refractivity contribution >= 4 is 17.2 Å². The molecule has 1 atom stereocenters. The monoisotopic (exact) mass is 255 g/mol. The van der Waals surface area contributed by atoms with Crippen molar-refractivity contribution in [3.8, 4) is 0 Å². The number of amides is 1. The number of nitrogens with one attached hydrogen (secondary N) is 2. The standard InChI is InChI=1S/C12H21N3OS/c1-8(7-13-4)12(16)14-6-5-11-9(2)15-10(3)17-11/h8,13H,5-7H2,1-4H3,(H,14,16). The molecule has 0 aliphatic carbocycles. The first-order valence-electron chi connectivity index (χ1n) is 5.89. The van der Waals surface area contributed by atoms with Gasteiger partial charge in [0.25, 0.3) is 0 Å². The molecule has 0 fully saturated rings. The highest BCUT2D eigenvalue weighted by Crippen LogP contribution is 2.17. The number of aromatic nitrogens is 1. The Morgan fingerprint density at radius 2 is 2.18 bits per heavy atom. The van der Waals surface area contributed by atoms with Crippen molar-refractivity contribution in [2.75, 3.05) is 20.1 Å². The molecular weight excluding hydrogens is 234 g/mol. The van der Waals surface area contributed by atoms with Gasteiger partial charge in [-0.1, -0.05) is 6.92 Å². The van der Waals surface area contributed by atoms with E-state index in [2.05, 4.69) is 15.6 Å². The average molecular weight is 255 g/mol. The smallest absolute Gasteiger partial charge is 0.224 e. The van der Waals surface area contributed by atoms with Crippen LogP contribution < -0.4 is 10.6 Å². The summed E-state index contributed by atoms with van der Waals surface area (Å²) in [5.74, 6) is 0.127. The van der Waals surface area contributed by atoms with Crippen LogP contribution in [0.5, 0.6) is 0 Å². The average Bonchev–Trinajstić information content (AvgIpc) is 2.57. The molecule has 0 spiro atoms. The summed E-state index contributed by atoms with van der Waals surface area (Å²) >= 11 is 1.71. The molecule has 4 nitrogen and oxygen atoms in total. The maximum atomic E-state index is 11.6. The summed E-state index contributed by atoms with van der Waals surface area (Å²) in [4.78, 5) is 17.3. The Balaban J connectivity index is 2.33. The molecule has 0 bridgehead atoms. The van der Waals surface area contributed by atoms with Crippen molar-refractivity contribution in [1.82, 2.24) is 15.6 Å². The zero-order valence-electron chi connectivity index (χ0n) is 11.0. The Bertz CT molecular complexity index is 376. The summed E-state index contributed by atoms with van der Waals surface area (Å²) in [5, 5.41) is 7.04. The SMILES string of the molecule is CNCC(C)C(=O)NCCc1sc(C)nc1C. The lowest BCUT2D eigenvalue weighted by Crippen LogP contribution is -2.35. The molecule has 1 heterocycles. The van der Waals surface area contributed by atoms with Crippen LogP contribution in [0.25, 0.3) is 0 Å². The number of rotatable bonds is 6. The van der Waals surface area contributed by atoms with Crippen LogP contribution in [0, 0.1) is 19.8 Å². The summed E-state index contributed by atoms with van der Waals surface area (Å²) in [6.07, 6.45) is 0.870. The van der Waals surface area contributed by atoms with Crippen LogP contribution in [0.15, 0.2) is 0 Å². The van der Waals surface area contributed by atoms with E-state index < -0.39 is 0 Å². The van der Waals surface area contributed by atoms with Crippen LogP contribution in [0.2, 0.25) is 0 Å². The number of nitrogens with zero attached hydrogens (tertiary/aromatic N) is 1. The van der Waals surface area contributed by atoms with Crippen molar-refractivity contribution in [3.63, 3.8) is 0 Å². The second-order valence-corrected chi connectivity index (χ2v) is 5.53. The summed E-state index contributed by atoms with van der Waals surface area (Å²) in [6.45, 7) is 7.35. The van der Waals surface area contributed by atoms with Gasteiger partial charge in [-0.25, -0.2) is 4.98 Å². The number of thiazole rings is 1. The molecule has 0 aliphatic heterocycles. The van der Waals surface area contributed by atoms with Gasteiger partial charge in [-0.05, 0) is 20.9 Å². The minimum atomic E-state index is 0.0179. The Hall–Kier alpha value is -0.940. The first-order chi connectivity index (χ1) is 8.04. The Labute approximate surface area is 107 Å². The van der Waals surface area contributed by atoms with Gasteiger partial charge in [0.1, 0.15) is 0 Å². The van der Waals surface area contributed by atoms with Gasteiger partial charge in [0.15, 0.2) is 0 Å². The van der Waals surface area contributed by atoms with Gasteiger partial charge in [-0.15, -0.1) is 11.3 Å². The van der Waals surface area contributed by atoms with Crippen LogP contribution in [0.3, 0.4) is 0 Å². The van der Waals surface area contributed by atoms with Crippen molar-refractivity contribution in [3.05, 3.63) is 15.6 Å². The van der Waals surface area contributed by atoms with Gasteiger partial charge in [0.2, 0.25) is 5.91 Å². The van der Waals surface area contributed by atoms with E-state index in [1.807, 2.05) is 27.8 Å². The molecule has 0 saturated carbocycles. The van der Waals surface area contributed by atoms with Crippen molar-refractivity contribution < 1.29 is 4.79 Å². The lowest BCUT2D eigenvalue weighted by atomic mass is 10.1. The molecule has 17 heavy (non-hydrogen) atoms. The summed E-state index contributed by atoms with van der Waals surface area (Å²) in [6, 6.07) is 0. The third-order valence-electron chi connectivity index (χ3n) is 2.61. The van der Waals surface area contributed by atoms with Crippen LogP contribution in [0.1, 0.15) is 22.5 Å². The van der Waals surface area contributed by atoms with Crippen LogP contribution in [-0.2, 0) is 11.2 Å². The molecule has 1 amide bonds. The van der Waals surface area contributed by atoms with E-state index in [0.717, 1.165) is 17.1 Å². The third-order valence-corrected chi connectivity index (χ3v) is 3.74. The van der Waals surface area contributed by atoms with Crippen LogP contribution in [0.4, 0.5) is 0 Å². The highest BCUT2D eigenvalue weighted by Gasteiger charge is 2.11. The molecule has 1 aromatic heterocycles. The van der Waals surface area contributed by atoms with Gasteiger partial charge in [0.05, 0.1) is 10.7 Å². The number of hydrogen-bond donors (Lipinski definition) is 2. The van der Waals surface area contributed by atoms with Crippen LogP contribution >= 0.6 is 11.3 Å². The number of carbonyl (C=O) groups is 1. The molecule has 0 saturated heterocycles. The van der Waals surface area contributed by atoms with Gasteiger partial charge < -0.3 is 10.6 Å². The second-order valence-electron chi connectivity index (χ2n) is 4.24. The van der Waals surface area contributed by atoms with E-state index in [1.165, 1.54) is 4.88 Å². The fraction of sp³-hybridized carbons (Fsp3) is 0.667. The van der Waals surface area contributed by atoms with Gasteiger partial charge in [-0.3, -0.25) is 4.79 Å². The Morgan fingerprint density at radius 3 is 2.71 bits per heavy atom. The van der Waals surface area contributed by atoms with E-state index in [-0.39, 0.29) is 11.8 Å². The van der Waals surface area contributed by atoms with E-state index in [0.29, 0.717) is 13.1 Å². The van der Waals surface area contributed by atoms with Gasteiger partial charge in [0, 0.05) is 30.3 Å². The minimum absolute atomic E-state index is 0.0179. The third kappa shape index (κ3) is 4.44. The zero-order valence-corrected chi connectivity index (χ0v) is 11.8. The van der Waals surface area contributed by atoms with Crippen molar-refractivity contribution in [2.45, 2.75) is 27.2 Å². The highest BCUT2D eigenvalue weighted by molar-refractivity contribution is 7.11. The molecule has 1 aromatic rings. The zero-order chi connectivity index (χ0) is 12.8. The normalized spacial score (nSPS) is 12.5. The maximum absolute atomic E-state index is 11.6. The molecule has 0 aliphatic rings. The van der Waals surface area contributed by atoms with Gasteiger partial charge in [-0.2, -0.15) is 0 Å². The molecule has 5 heteroatoms. The topological polar surface area (TPSA) is 54.0 Å². The molecule has 2 N–H and O–H groups in total. The fourth-order valence-electron chi connectivity index (χ4n) is 1.68. The van der Waals surface area contributed by atoms with E-state index in [4.69, 9.17) is 0 Å². The Morgan fingerprint density at radius 1 is 1.47 bits per heavy atom. The summed E-state index contributed by atoms with van der Waals surface area (Å²) in [5.41, 5.74) is 1.09. The van der Waals surface area contributed by atoms with Gasteiger partial charge >= 0.3 is 0 Å². The quantitative estimate of drug-likeness (QED) is 0.805.